The Morgan fingerprint density at radius 3 is 3.12 bits per heavy atom. The van der Waals surface area contributed by atoms with E-state index in [2.05, 4.69) is 4.98 Å². The van der Waals surface area contributed by atoms with Gasteiger partial charge in [0.1, 0.15) is 0 Å². The molecule has 3 rings (SSSR count). The van der Waals surface area contributed by atoms with Crippen LogP contribution in [0.3, 0.4) is 0 Å². The minimum absolute atomic E-state index is 0.00914. The lowest BCUT2D eigenvalue weighted by atomic mass is 10.1. The minimum Gasteiger partial charge on any atom is -0.441 e. The third-order valence-electron chi connectivity index (χ3n) is 2.93. The standard InChI is InChI=1S/C11H12ClN3O/c12-9-5-4-8(16-9)11-14-6-7-2-1-3-10(13)15(7)11/h4-6,10H,1-3,13H2. The first-order valence-electron chi connectivity index (χ1n) is 5.33. The first-order valence-corrected chi connectivity index (χ1v) is 5.71. The lowest BCUT2D eigenvalue weighted by Gasteiger charge is -2.23. The van der Waals surface area contributed by atoms with Crippen LogP contribution in [-0.2, 0) is 6.42 Å². The van der Waals surface area contributed by atoms with Crippen LogP contribution in [0.15, 0.2) is 22.7 Å². The van der Waals surface area contributed by atoms with Crippen molar-refractivity contribution >= 4 is 11.6 Å². The van der Waals surface area contributed by atoms with Crippen molar-refractivity contribution in [1.29, 1.82) is 0 Å². The van der Waals surface area contributed by atoms with Crippen molar-refractivity contribution in [1.82, 2.24) is 9.55 Å². The number of fused-ring (bicyclic) bond motifs is 1. The highest BCUT2D eigenvalue weighted by Crippen LogP contribution is 2.30. The molecule has 1 aliphatic heterocycles. The molecule has 5 heteroatoms. The van der Waals surface area contributed by atoms with Crippen molar-refractivity contribution in [3.8, 4) is 11.6 Å². The lowest BCUT2D eigenvalue weighted by Crippen LogP contribution is -2.25. The number of nitrogens with two attached hydrogens (primary N) is 1. The van der Waals surface area contributed by atoms with Crippen molar-refractivity contribution in [2.45, 2.75) is 25.4 Å². The summed E-state index contributed by atoms with van der Waals surface area (Å²) in [5, 5.41) is 0.372. The van der Waals surface area contributed by atoms with Crippen LogP contribution in [0.1, 0.15) is 24.7 Å². The molecule has 0 saturated heterocycles. The number of nitrogens with zero attached hydrogens (tertiary/aromatic N) is 2. The molecule has 0 fully saturated rings. The molecule has 0 bridgehead atoms. The first kappa shape index (κ1) is 9.93. The maximum atomic E-state index is 6.08. The van der Waals surface area contributed by atoms with Crippen molar-refractivity contribution < 1.29 is 4.42 Å². The second-order valence-corrected chi connectivity index (χ2v) is 4.38. The lowest BCUT2D eigenvalue weighted by molar-refractivity contribution is 0.413. The number of rotatable bonds is 1. The molecule has 0 aliphatic carbocycles. The topological polar surface area (TPSA) is 57.0 Å². The number of aryl methyl sites for hydroxylation is 1. The Balaban J connectivity index is 2.12. The molecule has 3 heterocycles. The Hall–Kier alpha value is -1.26. The highest BCUT2D eigenvalue weighted by molar-refractivity contribution is 6.28. The van der Waals surface area contributed by atoms with Crippen molar-refractivity contribution in [2.75, 3.05) is 0 Å². The molecule has 1 atom stereocenters. The van der Waals surface area contributed by atoms with Gasteiger partial charge in [-0.15, -0.1) is 0 Å². The van der Waals surface area contributed by atoms with Gasteiger partial charge in [0.2, 0.25) is 0 Å². The van der Waals surface area contributed by atoms with Crippen molar-refractivity contribution in [3.63, 3.8) is 0 Å². The Morgan fingerprint density at radius 2 is 2.38 bits per heavy atom. The Labute approximate surface area is 98.0 Å². The number of hydrogen-bond acceptors (Lipinski definition) is 3. The second-order valence-electron chi connectivity index (χ2n) is 4.01. The number of imidazole rings is 1. The van der Waals surface area contributed by atoms with E-state index in [-0.39, 0.29) is 6.17 Å². The summed E-state index contributed by atoms with van der Waals surface area (Å²) in [5.74, 6) is 1.45. The van der Waals surface area contributed by atoms with Crippen LogP contribution in [0.25, 0.3) is 11.6 Å². The molecule has 0 radical (unpaired) electrons. The van der Waals surface area contributed by atoms with Gasteiger partial charge in [-0.1, -0.05) is 0 Å². The zero-order valence-electron chi connectivity index (χ0n) is 8.69. The summed E-state index contributed by atoms with van der Waals surface area (Å²) >= 11 is 5.76. The predicted molar refractivity (Wildman–Crippen MR) is 61.1 cm³/mol. The summed E-state index contributed by atoms with van der Waals surface area (Å²) in [6.45, 7) is 0. The Morgan fingerprint density at radius 1 is 1.50 bits per heavy atom. The maximum Gasteiger partial charge on any atom is 0.194 e. The van der Waals surface area contributed by atoms with E-state index in [1.54, 1.807) is 6.07 Å². The van der Waals surface area contributed by atoms with Gasteiger partial charge >= 0.3 is 0 Å². The average Bonchev–Trinajstić information content (AvgIpc) is 2.84. The normalized spacial score (nSPS) is 19.8. The fourth-order valence-corrected chi connectivity index (χ4v) is 2.34. The largest absolute Gasteiger partial charge is 0.441 e. The monoisotopic (exact) mass is 237 g/mol. The van der Waals surface area contributed by atoms with E-state index >= 15 is 0 Å². The van der Waals surface area contributed by atoms with Gasteiger partial charge in [-0.05, 0) is 43.0 Å². The van der Waals surface area contributed by atoms with Crippen LogP contribution >= 0.6 is 11.6 Å². The number of aromatic nitrogens is 2. The van der Waals surface area contributed by atoms with Crippen molar-refractivity contribution in [2.24, 2.45) is 5.73 Å². The van der Waals surface area contributed by atoms with Crippen LogP contribution in [0.5, 0.6) is 0 Å². The van der Waals surface area contributed by atoms with E-state index in [1.807, 2.05) is 16.8 Å². The molecular formula is C11H12ClN3O. The number of furan rings is 1. The predicted octanol–water partition coefficient (Wildman–Crippen LogP) is 2.59. The number of halogens is 1. The van der Waals surface area contributed by atoms with Gasteiger partial charge in [0.15, 0.2) is 16.8 Å². The average molecular weight is 238 g/mol. The molecule has 84 valence electrons. The van der Waals surface area contributed by atoms with Gasteiger partial charge < -0.3 is 14.7 Å². The van der Waals surface area contributed by atoms with Gasteiger partial charge in [0.05, 0.1) is 6.17 Å². The van der Waals surface area contributed by atoms with Crippen LogP contribution in [0, 0.1) is 0 Å². The molecule has 0 saturated carbocycles. The Bertz CT molecular complexity index is 517. The molecular weight excluding hydrogens is 226 g/mol. The highest BCUT2D eigenvalue weighted by atomic mass is 35.5. The summed E-state index contributed by atoms with van der Waals surface area (Å²) in [5.41, 5.74) is 7.25. The van der Waals surface area contributed by atoms with E-state index in [1.165, 1.54) is 5.69 Å². The summed E-state index contributed by atoms with van der Waals surface area (Å²) < 4.78 is 7.41. The fourth-order valence-electron chi connectivity index (χ4n) is 2.19. The summed E-state index contributed by atoms with van der Waals surface area (Å²) in [6, 6.07) is 3.53. The summed E-state index contributed by atoms with van der Waals surface area (Å²) in [6.07, 6.45) is 4.97. The molecule has 2 aromatic heterocycles. The van der Waals surface area contributed by atoms with Crippen LogP contribution < -0.4 is 5.73 Å². The van der Waals surface area contributed by atoms with Crippen LogP contribution in [-0.4, -0.2) is 9.55 Å². The molecule has 16 heavy (non-hydrogen) atoms. The second kappa shape index (κ2) is 3.64. The third-order valence-corrected chi connectivity index (χ3v) is 3.13. The van der Waals surface area contributed by atoms with Gasteiger partial charge in [0.25, 0.3) is 0 Å². The maximum absolute atomic E-state index is 6.08. The SMILES string of the molecule is NC1CCCc2cnc(-c3ccc(Cl)o3)n21. The first-order chi connectivity index (χ1) is 7.75. The third kappa shape index (κ3) is 1.45. The molecule has 0 spiro atoms. The van der Waals surface area contributed by atoms with E-state index in [0.717, 1.165) is 25.1 Å². The molecule has 1 unspecified atom stereocenters. The molecule has 4 nitrogen and oxygen atoms in total. The van der Waals surface area contributed by atoms with Crippen LogP contribution in [0.2, 0.25) is 5.22 Å². The molecule has 0 aromatic carbocycles. The zero-order chi connectivity index (χ0) is 11.1. The van der Waals surface area contributed by atoms with E-state index in [4.69, 9.17) is 21.8 Å². The molecule has 0 amide bonds. The molecule has 2 N–H and O–H groups in total. The van der Waals surface area contributed by atoms with E-state index in [9.17, 15) is 0 Å². The quantitative estimate of drug-likeness (QED) is 0.830. The van der Waals surface area contributed by atoms with Crippen molar-refractivity contribution in [3.05, 3.63) is 29.2 Å². The number of hydrogen-bond donors (Lipinski definition) is 1. The molecule has 1 aliphatic rings. The van der Waals surface area contributed by atoms with Gasteiger partial charge in [0, 0.05) is 11.9 Å². The zero-order valence-corrected chi connectivity index (χ0v) is 9.44. The summed E-state index contributed by atoms with van der Waals surface area (Å²) in [4.78, 5) is 4.36. The molecule has 2 aromatic rings. The smallest absolute Gasteiger partial charge is 0.194 e. The summed E-state index contributed by atoms with van der Waals surface area (Å²) in [7, 11) is 0. The van der Waals surface area contributed by atoms with E-state index < -0.39 is 0 Å². The highest BCUT2D eigenvalue weighted by Gasteiger charge is 2.22. The van der Waals surface area contributed by atoms with Gasteiger partial charge in [-0.2, -0.15) is 0 Å². The van der Waals surface area contributed by atoms with E-state index in [0.29, 0.717) is 11.0 Å². The van der Waals surface area contributed by atoms with Gasteiger partial charge in [-0.25, -0.2) is 4.98 Å². The minimum atomic E-state index is -0.00914. The fraction of sp³-hybridized carbons (Fsp3) is 0.364. The van der Waals surface area contributed by atoms with Gasteiger partial charge in [-0.3, -0.25) is 0 Å². The van der Waals surface area contributed by atoms with Crippen LogP contribution in [0.4, 0.5) is 0 Å². The Kier molecular flexibility index (Phi) is 2.26.